The number of hydrogen-bond donors (Lipinski definition) is 0. The van der Waals surface area contributed by atoms with E-state index < -0.39 is 0 Å². The maximum atomic E-state index is 5.75. The van der Waals surface area contributed by atoms with Gasteiger partial charge in [-0.1, -0.05) is 20.8 Å². The molecule has 0 aliphatic carbocycles. The largest absolute Gasteiger partial charge is 0.238 e. The molecule has 0 radical (unpaired) electrons. The molecule has 0 bridgehead atoms. The molecular weight excluding hydrogens is 196 g/mol. The first-order valence-corrected chi connectivity index (χ1v) is 5.33. The van der Waals surface area contributed by atoms with Gasteiger partial charge in [0.05, 0.1) is 11.6 Å². The molecule has 0 fully saturated rings. The Morgan fingerprint density at radius 3 is 2.43 bits per heavy atom. The lowest BCUT2D eigenvalue weighted by molar-refractivity contribution is 0.400. The molecule has 14 heavy (non-hydrogen) atoms. The molecule has 0 atom stereocenters. The monoisotopic (exact) mass is 212 g/mol. The van der Waals surface area contributed by atoms with Crippen LogP contribution in [0.15, 0.2) is 6.07 Å². The first-order chi connectivity index (χ1) is 6.40. The molecular formula is C11H17ClN2. The van der Waals surface area contributed by atoms with E-state index in [1.165, 1.54) is 0 Å². The van der Waals surface area contributed by atoms with Crippen LogP contribution < -0.4 is 0 Å². The van der Waals surface area contributed by atoms with Gasteiger partial charge in [-0.05, 0) is 18.4 Å². The summed E-state index contributed by atoms with van der Waals surface area (Å²) in [6.07, 6.45) is 0.887. The minimum atomic E-state index is 0.220. The second kappa shape index (κ2) is 4.26. The van der Waals surface area contributed by atoms with Gasteiger partial charge in [0.1, 0.15) is 5.82 Å². The third-order valence-electron chi connectivity index (χ3n) is 1.78. The average Bonchev–Trinajstić information content (AvgIpc) is 1.99. The van der Waals surface area contributed by atoms with Gasteiger partial charge in [-0.15, -0.1) is 11.6 Å². The highest BCUT2D eigenvalue weighted by molar-refractivity contribution is 6.16. The molecule has 1 aromatic rings. The van der Waals surface area contributed by atoms with Gasteiger partial charge in [0, 0.05) is 12.1 Å². The van der Waals surface area contributed by atoms with Crippen molar-refractivity contribution in [2.75, 3.05) is 0 Å². The summed E-state index contributed by atoms with van der Waals surface area (Å²) in [6.45, 7) is 8.51. The minimum absolute atomic E-state index is 0.220. The Balaban J connectivity index is 2.92. The average molecular weight is 213 g/mol. The maximum Gasteiger partial charge on any atom is 0.129 e. The van der Waals surface area contributed by atoms with Crippen LogP contribution in [0.25, 0.3) is 0 Å². The topological polar surface area (TPSA) is 25.8 Å². The number of alkyl halides is 1. The van der Waals surface area contributed by atoms with E-state index in [9.17, 15) is 0 Å². The molecule has 0 saturated heterocycles. The smallest absolute Gasteiger partial charge is 0.129 e. The van der Waals surface area contributed by atoms with E-state index in [1.54, 1.807) is 0 Å². The summed E-state index contributed by atoms with van der Waals surface area (Å²) in [4.78, 5) is 8.79. The molecule has 1 aromatic heterocycles. The van der Waals surface area contributed by atoms with E-state index >= 15 is 0 Å². The first-order valence-electron chi connectivity index (χ1n) is 4.80. The van der Waals surface area contributed by atoms with E-state index in [4.69, 9.17) is 11.6 Å². The third-order valence-corrected chi connectivity index (χ3v) is 2.05. The van der Waals surface area contributed by atoms with Crippen LogP contribution in [0.4, 0.5) is 0 Å². The number of hydrogen-bond acceptors (Lipinski definition) is 2. The van der Waals surface area contributed by atoms with Gasteiger partial charge in [0.25, 0.3) is 0 Å². The second-order valence-electron chi connectivity index (χ2n) is 4.79. The summed E-state index contributed by atoms with van der Waals surface area (Å²) >= 11 is 5.75. The Labute approximate surface area is 90.7 Å². The van der Waals surface area contributed by atoms with Crippen LogP contribution in [-0.4, -0.2) is 9.97 Å². The van der Waals surface area contributed by atoms with Crippen molar-refractivity contribution in [3.05, 3.63) is 23.3 Å². The van der Waals surface area contributed by atoms with E-state index in [-0.39, 0.29) is 5.41 Å². The van der Waals surface area contributed by atoms with Crippen LogP contribution in [0.5, 0.6) is 0 Å². The van der Waals surface area contributed by atoms with E-state index in [0.717, 1.165) is 23.6 Å². The van der Waals surface area contributed by atoms with Crippen LogP contribution in [0.3, 0.4) is 0 Å². The number of nitrogens with zero attached hydrogens (tertiary/aromatic N) is 2. The molecule has 0 spiro atoms. The summed E-state index contributed by atoms with van der Waals surface area (Å²) in [5.41, 5.74) is 2.13. The summed E-state index contributed by atoms with van der Waals surface area (Å²) in [6, 6.07) is 1.93. The molecule has 0 saturated carbocycles. The molecule has 2 nitrogen and oxygen atoms in total. The Kier molecular flexibility index (Phi) is 3.48. The van der Waals surface area contributed by atoms with E-state index in [1.807, 2.05) is 13.0 Å². The van der Waals surface area contributed by atoms with Gasteiger partial charge in [-0.25, -0.2) is 9.97 Å². The summed E-state index contributed by atoms with van der Waals surface area (Å²) in [7, 11) is 0. The number of aromatic nitrogens is 2. The van der Waals surface area contributed by atoms with Gasteiger partial charge in [0.15, 0.2) is 0 Å². The van der Waals surface area contributed by atoms with Crippen molar-refractivity contribution in [2.45, 2.75) is 40.0 Å². The van der Waals surface area contributed by atoms with E-state index in [0.29, 0.717) is 5.88 Å². The van der Waals surface area contributed by atoms with Crippen LogP contribution in [0.2, 0.25) is 0 Å². The van der Waals surface area contributed by atoms with Crippen molar-refractivity contribution in [3.8, 4) is 0 Å². The number of rotatable bonds is 2. The third kappa shape index (κ3) is 3.62. The van der Waals surface area contributed by atoms with Gasteiger partial charge in [-0.2, -0.15) is 0 Å². The zero-order valence-corrected chi connectivity index (χ0v) is 10.0. The molecule has 0 N–H and O–H groups in total. The highest BCUT2D eigenvalue weighted by Gasteiger charge is 2.14. The Hall–Kier alpha value is -0.630. The lowest BCUT2D eigenvalue weighted by Crippen LogP contribution is -2.13. The molecule has 3 heteroatoms. The molecule has 1 rings (SSSR count). The van der Waals surface area contributed by atoms with Crippen LogP contribution in [-0.2, 0) is 12.3 Å². The van der Waals surface area contributed by atoms with Crippen LogP contribution in [0, 0.1) is 12.3 Å². The number of halogens is 1. The van der Waals surface area contributed by atoms with Crippen molar-refractivity contribution in [2.24, 2.45) is 5.41 Å². The molecule has 0 aliphatic rings. The van der Waals surface area contributed by atoms with Crippen molar-refractivity contribution >= 4 is 11.6 Å². The van der Waals surface area contributed by atoms with E-state index in [2.05, 4.69) is 30.7 Å². The summed E-state index contributed by atoms with van der Waals surface area (Å²) in [5.74, 6) is 1.36. The van der Waals surface area contributed by atoms with Crippen molar-refractivity contribution < 1.29 is 0 Å². The summed E-state index contributed by atoms with van der Waals surface area (Å²) in [5, 5.41) is 0. The quantitative estimate of drug-likeness (QED) is 0.704. The van der Waals surface area contributed by atoms with Gasteiger partial charge in [0.2, 0.25) is 0 Å². The lowest BCUT2D eigenvalue weighted by atomic mass is 9.92. The first kappa shape index (κ1) is 11.4. The SMILES string of the molecule is Cc1cc(CCl)nc(CC(C)(C)C)n1. The Morgan fingerprint density at radius 2 is 1.93 bits per heavy atom. The maximum absolute atomic E-state index is 5.75. The minimum Gasteiger partial charge on any atom is -0.238 e. The Morgan fingerprint density at radius 1 is 1.29 bits per heavy atom. The fourth-order valence-corrected chi connectivity index (χ4v) is 1.46. The summed E-state index contributed by atoms with van der Waals surface area (Å²) < 4.78 is 0. The normalized spacial score (nSPS) is 11.8. The highest BCUT2D eigenvalue weighted by atomic mass is 35.5. The van der Waals surface area contributed by atoms with Gasteiger partial charge in [-0.3, -0.25) is 0 Å². The van der Waals surface area contributed by atoms with Gasteiger partial charge < -0.3 is 0 Å². The highest BCUT2D eigenvalue weighted by Crippen LogP contribution is 2.18. The molecule has 1 heterocycles. The molecule has 0 aromatic carbocycles. The molecule has 0 unspecified atom stereocenters. The fraction of sp³-hybridized carbons (Fsp3) is 0.636. The Bertz CT molecular complexity index is 316. The lowest BCUT2D eigenvalue weighted by Gasteiger charge is -2.17. The van der Waals surface area contributed by atoms with Crippen molar-refractivity contribution in [3.63, 3.8) is 0 Å². The number of aryl methyl sites for hydroxylation is 1. The molecule has 0 aliphatic heterocycles. The molecule has 78 valence electrons. The predicted octanol–water partition coefficient (Wildman–Crippen LogP) is 3.11. The van der Waals surface area contributed by atoms with Crippen LogP contribution in [0.1, 0.15) is 38.0 Å². The van der Waals surface area contributed by atoms with Crippen molar-refractivity contribution in [1.29, 1.82) is 0 Å². The zero-order chi connectivity index (χ0) is 10.8. The standard InChI is InChI=1S/C11H17ClN2/c1-8-5-9(7-12)14-10(13-8)6-11(2,3)4/h5H,6-7H2,1-4H3. The van der Waals surface area contributed by atoms with Crippen LogP contribution >= 0.6 is 11.6 Å². The van der Waals surface area contributed by atoms with Crippen molar-refractivity contribution in [1.82, 2.24) is 9.97 Å². The predicted molar refractivity (Wildman–Crippen MR) is 59.5 cm³/mol. The molecule has 0 amide bonds. The second-order valence-corrected chi connectivity index (χ2v) is 5.06. The fourth-order valence-electron chi connectivity index (χ4n) is 1.32. The zero-order valence-electron chi connectivity index (χ0n) is 9.26. The van der Waals surface area contributed by atoms with Gasteiger partial charge >= 0.3 is 0 Å².